The van der Waals surface area contributed by atoms with Gasteiger partial charge in [0.2, 0.25) is 11.8 Å². The van der Waals surface area contributed by atoms with Gasteiger partial charge in [0.15, 0.2) is 0 Å². The molecule has 172 valence electrons. The molecule has 0 spiro atoms. The Labute approximate surface area is 201 Å². The molecule has 6 nitrogen and oxygen atoms in total. The van der Waals surface area contributed by atoms with E-state index >= 15 is 0 Å². The summed E-state index contributed by atoms with van der Waals surface area (Å²) in [5, 5.41) is 7.01. The van der Waals surface area contributed by atoms with Crippen molar-refractivity contribution in [3.8, 4) is 0 Å². The van der Waals surface area contributed by atoms with Gasteiger partial charge in [0.25, 0.3) is 0 Å². The quantitative estimate of drug-likeness (QED) is 0.460. The van der Waals surface area contributed by atoms with Gasteiger partial charge in [-0.15, -0.1) is 22.7 Å². The number of nitrogens with zero attached hydrogens (tertiary/aromatic N) is 1. The topological polar surface area (TPSA) is 75.7 Å². The van der Waals surface area contributed by atoms with Crippen LogP contribution in [-0.2, 0) is 20.7 Å². The van der Waals surface area contributed by atoms with Crippen LogP contribution in [0.25, 0.3) is 0 Å². The lowest BCUT2D eigenvalue weighted by Gasteiger charge is -2.31. The summed E-state index contributed by atoms with van der Waals surface area (Å²) in [6, 6.07) is 13.6. The second kappa shape index (κ2) is 10.8. The van der Waals surface area contributed by atoms with Crippen molar-refractivity contribution in [1.29, 1.82) is 0 Å². The Morgan fingerprint density at radius 3 is 2.33 bits per heavy atom. The number of hydrogen-bond acceptors (Lipinski definition) is 6. The van der Waals surface area contributed by atoms with Gasteiger partial charge in [-0.1, -0.05) is 25.0 Å². The molecule has 0 unspecified atom stereocenters. The summed E-state index contributed by atoms with van der Waals surface area (Å²) in [7, 11) is 1.33. The van der Waals surface area contributed by atoms with Crippen molar-refractivity contribution in [1.82, 2.24) is 5.32 Å². The van der Waals surface area contributed by atoms with Gasteiger partial charge in [0.1, 0.15) is 6.04 Å². The summed E-state index contributed by atoms with van der Waals surface area (Å²) in [6.07, 6.45) is 4.31. The van der Waals surface area contributed by atoms with Crippen LogP contribution < -0.4 is 10.2 Å². The maximum Gasteiger partial charge on any atom is 0.337 e. The van der Waals surface area contributed by atoms with E-state index in [4.69, 9.17) is 4.74 Å². The third-order valence-corrected chi connectivity index (χ3v) is 7.56. The number of anilines is 1. The fourth-order valence-corrected chi connectivity index (χ4v) is 5.64. The van der Waals surface area contributed by atoms with E-state index in [9.17, 15) is 14.4 Å². The number of rotatable bonds is 8. The van der Waals surface area contributed by atoms with E-state index in [1.165, 1.54) is 29.8 Å². The van der Waals surface area contributed by atoms with Crippen molar-refractivity contribution in [2.75, 3.05) is 12.0 Å². The van der Waals surface area contributed by atoms with E-state index in [1.54, 1.807) is 29.2 Å². The fraction of sp³-hybridized carbons (Fsp3) is 0.320. The highest BCUT2D eigenvalue weighted by molar-refractivity contribution is 7.10. The third kappa shape index (κ3) is 5.51. The van der Waals surface area contributed by atoms with Crippen LogP contribution in [0.15, 0.2) is 59.3 Å². The molecule has 0 saturated heterocycles. The van der Waals surface area contributed by atoms with Gasteiger partial charge in [-0.25, -0.2) is 4.79 Å². The molecule has 33 heavy (non-hydrogen) atoms. The first kappa shape index (κ1) is 23.2. The standard InChI is InChI=1S/C25H26N2O4S2/c1-31-25(30)17-10-12-19(13-11-17)27(22(28)16-20-8-4-14-32-20)23(21-9-5-15-33-21)24(29)26-18-6-2-3-7-18/h4-5,8-15,18,23H,2-3,6-7,16H2,1H3,(H,26,29)/t23-/m0/s1. The van der Waals surface area contributed by atoms with E-state index in [0.717, 1.165) is 35.4 Å². The van der Waals surface area contributed by atoms with Crippen LogP contribution in [0.1, 0.15) is 51.8 Å². The van der Waals surface area contributed by atoms with Crippen LogP contribution in [0.5, 0.6) is 0 Å². The molecule has 8 heteroatoms. The number of carbonyl (C=O) groups is 3. The van der Waals surface area contributed by atoms with Gasteiger partial charge < -0.3 is 10.1 Å². The molecule has 1 saturated carbocycles. The predicted molar refractivity (Wildman–Crippen MR) is 131 cm³/mol. The summed E-state index contributed by atoms with van der Waals surface area (Å²) >= 11 is 2.96. The zero-order chi connectivity index (χ0) is 23.2. The number of hydrogen-bond donors (Lipinski definition) is 1. The summed E-state index contributed by atoms with van der Waals surface area (Å²) in [5.74, 6) is -0.809. The van der Waals surface area contributed by atoms with Gasteiger partial charge in [-0.2, -0.15) is 0 Å². The molecule has 4 rings (SSSR count). The van der Waals surface area contributed by atoms with E-state index in [1.807, 2.05) is 35.0 Å². The number of carbonyl (C=O) groups excluding carboxylic acids is 3. The number of ether oxygens (including phenoxy) is 1. The molecule has 2 heterocycles. The molecular formula is C25H26N2O4S2. The van der Waals surface area contributed by atoms with Crippen molar-refractivity contribution >= 4 is 46.1 Å². The van der Waals surface area contributed by atoms with E-state index in [2.05, 4.69) is 5.32 Å². The minimum absolute atomic E-state index is 0.135. The highest BCUT2D eigenvalue weighted by atomic mass is 32.1. The Hall–Kier alpha value is -2.97. The van der Waals surface area contributed by atoms with Crippen molar-refractivity contribution in [3.63, 3.8) is 0 Å². The number of nitrogens with one attached hydrogen (secondary N) is 1. The lowest BCUT2D eigenvalue weighted by atomic mass is 10.1. The molecule has 0 radical (unpaired) electrons. The summed E-state index contributed by atoms with van der Waals surface area (Å²) in [5.41, 5.74) is 0.944. The highest BCUT2D eigenvalue weighted by Crippen LogP contribution is 2.33. The van der Waals surface area contributed by atoms with E-state index in [-0.39, 0.29) is 24.3 Å². The van der Waals surface area contributed by atoms with Gasteiger partial charge in [0.05, 0.1) is 19.1 Å². The Morgan fingerprint density at radius 2 is 1.73 bits per heavy atom. The van der Waals surface area contributed by atoms with Crippen molar-refractivity contribution in [2.45, 2.75) is 44.2 Å². The molecule has 1 atom stereocenters. The highest BCUT2D eigenvalue weighted by Gasteiger charge is 2.35. The number of esters is 1. The zero-order valence-corrected chi connectivity index (χ0v) is 20.0. The first-order chi connectivity index (χ1) is 16.1. The first-order valence-electron chi connectivity index (χ1n) is 10.9. The lowest BCUT2D eigenvalue weighted by molar-refractivity contribution is -0.126. The SMILES string of the molecule is COC(=O)c1ccc(N(C(=O)Cc2cccs2)[C@H](C(=O)NC2CCCC2)c2cccs2)cc1. The molecule has 1 aromatic carbocycles. The normalized spacial score (nSPS) is 14.6. The van der Waals surface area contributed by atoms with Crippen LogP contribution in [-0.4, -0.2) is 30.9 Å². The maximum atomic E-state index is 13.6. The minimum atomic E-state index is -0.790. The van der Waals surface area contributed by atoms with Crippen LogP contribution in [0.3, 0.4) is 0 Å². The van der Waals surface area contributed by atoms with Crippen molar-refractivity contribution in [3.05, 3.63) is 74.6 Å². The molecule has 0 aliphatic heterocycles. The molecule has 3 aromatic rings. The van der Waals surface area contributed by atoms with Gasteiger partial charge in [0, 0.05) is 21.5 Å². The largest absolute Gasteiger partial charge is 0.465 e. The number of thiophene rings is 2. The van der Waals surface area contributed by atoms with Crippen LogP contribution in [0.2, 0.25) is 0 Å². The summed E-state index contributed by atoms with van der Waals surface area (Å²) in [6.45, 7) is 0. The monoisotopic (exact) mass is 482 g/mol. The Morgan fingerprint density at radius 1 is 1.03 bits per heavy atom. The van der Waals surface area contributed by atoms with E-state index in [0.29, 0.717) is 11.3 Å². The van der Waals surface area contributed by atoms with E-state index < -0.39 is 12.0 Å². The zero-order valence-electron chi connectivity index (χ0n) is 18.4. The smallest absolute Gasteiger partial charge is 0.337 e. The molecule has 1 aliphatic rings. The van der Waals surface area contributed by atoms with Gasteiger partial charge in [-0.05, 0) is 60.0 Å². The van der Waals surface area contributed by atoms with Crippen molar-refractivity contribution < 1.29 is 19.1 Å². The third-order valence-electron chi connectivity index (χ3n) is 5.76. The predicted octanol–water partition coefficient (Wildman–Crippen LogP) is 4.97. The van der Waals surface area contributed by atoms with Crippen LogP contribution >= 0.6 is 22.7 Å². The molecule has 0 bridgehead atoms. The molecule has 1 aliphatic carbocycles. The lowest BCUT2D eigenvalue weighted by Crippen LogP contribution is -2.46. The number of amides is 2. The van der Waals surface area contributed by atoms with Crippen LogP contribution in [0, 0.1) is 0 Å². The first-order valence-corrected chi connectivity index (χ1v) is 12.7. The second-order valence-corrected chi connectivity index (χ2v) is 9.98. The fourth-order valence-electron chi connectivity index (χ4n) is 4.13. The minimum Gasteiger partial charge on any atom is -0.465 e. The Balaban J connectivity index is 1.71. The number of methoxy groups -OCH3 is 1. The molecular weight excluding hydrogens is 456 g/mol. The Kier molecular flexibility index (Phi) is 7.57. The van der Waals surface area contributed by atoms with Gasteiger partial charge >= 0.3 is 5.97 Å². The maximum absolute atomic E-state index is 13.6. The summed E-state index contributed by atoms with van der Waals surface area (Å²) in [4.78, 5) is 42.4. The molecule has 1 N–H and O–H groups in total. The number of benzene rings is 1. The van der Waals surface area contributed by atoms with Crippen LogP contribution in [0.4, 0.5) is 5.69 Å². The second-order valence-electron chi connectivity index (χ2n) is 7.97. The Bertz CT molecular complexity index is 1070. The molecule has 2 amide bonds. The average Bonchev–Trinajstić information content (AvgIpc) is 3.61. The van der Waals surface area contributed by atoms with Crippen molar-refractivity contribution in [2.24, 2.45) is 0 Å². The van der Waals surface area contributed by atoms with Gasteiger partial charge in [-0.3, -0.25) is 14.5 Å². The average molecular weight is 483 g/mol. The summed E-state index contributed by atoms with van der Waals surface area (Å²) < 4.78 is 4.79. The molecule has 1 fully saturated rings. The molecule has 2 aromatic heterocycles.